The van der Waals surface area contributed by atoms with Crippen LogP contribution < -0.4 is 0 Å². The van der Waals surface area contributed by atoms with Crippen LogP contribution in [0.5, 0.6) is 0 Å². The van der Waals surface area contributed by atoms with Crippen LogP contribution in [0.4, 0.5) is 0 Å². The van der Waals surface area contributed by atoms with Gasteiger partial charge in [0.1, 0.15) is 0 Å². The largest absolute Gasteiger partial charge is 0.481 e. The van der Waals surface area contributed by atoms with Crippen LogP contribution in [0, 0.1) is 0 Å². The maximum atomic E-state index is 12.0. The number of rotatable bonds is 6. The van der Waals surface area contributed by atoms with Crippen molar-refractivity contribution in [1.82, 2.24) is 4.90 Å². The second kappa shape index (κ2) is 7.04. The summed E-state index contributed by atoms with van der Waals surface area (Å²) in [6, 6.07) is -0.268. The van der Waals surface area contributed by atoms with Gasteiger partial charge in [0.2, 0.25) is 5.91 Å². The Balaban J connectivity index is 4.66. The number of likely N-dealkylation sites (N-methyl/N-ethyl adjacent to an activating group) is 1. The molecule has 0 saturated heterocycles. The van der Waals surface area contributed by atoms with Gasteiger partial charge in [-0.25, -0.2) is 0 Å². The van der Waals surface area contributed by atoms with Crippen LogP contribution in [0.2, 0.25) is 0 Å². The molecule has 16 heavy (non-hydrogen) atoms. The first-order valence-electron chi connectivity index (χ1n) is 5.63. The highest BCUT2D eigenvalue weighted by molar-refractivity contribution is 5.93. The Morgan fingerprint density at radius 3 is 2.31 bits per heavy atom. The lowest BCUT2D eigenvalue weighted by molar-refractivity contribution is -0.139. The van der Waals surface area contributed by atoms with E-state index in [1.54, 1.807) is 18.7 Å². The van der Waals surface area contributed by atoms with Gasteiger partial charge in [0.05, 0.1) is 6.42 Å². The molecule has 0 fully saturated rings. The van der Waals surface area contributed by atoms with Crippen molar-refractivity contribution in [3.8, 4) is 0 Å². The van der Waals surface area contributed by atoms with E-state index >= 15 is 0 Å². The van der Waals surface area contributed by atoms with E-state index in [-0.39, 0.29) is 18.4 Å². The number of aliphatic carboxylic acids is 1. The predicted molar refractivity (Wildman–Crippen MR) is 63.1 cm³/mol. The van der Waals surface area contributed by atoms with Gasteiger partial charge in [-0.2, -0.15) is 0 Å². The van der Waals surface area contributed by atoms with Crippen LogP contribution in [0.3, 0.4) is 0 Å². The third-order valence-corrected chi connectivity index (χ3v) is 2.45. The molecule has 0 aliphatic carbocycles. The van der Waals surface area contributed by atoms with Crippen LogP contribution >= 0.6 is 0 Å². The number of carboxylic acids is 1. The van der Waals surface area contributed by atoms with E-state index in [4.69, 9.17) is 5.11 Å². The Kier molecular flexibility index (Phi) is 6.46. The number of carboxylic acid groups (broad SMARTS) is 1. The number of amides is 1. The quantitative estimate of drug-likeness (QED) is 0.706. The summed E-state index contributed by atoms with van der Waals surface area (Å²) in [7, 11) is 0. The van der Waals surface area contributed by atoms with Crippen molar-refractivity contribution < 1.29 is 14.7 Å². The number of nitrogens with zero attached hydrogens (tertiary/aromatic N) is 1. The Morgan fingerprint density at radius 1 is 1.38 bits per heavy atom. The van der Waals surface area contributed by atoms with E-state index < -0.39 is 5.97 Å². The Morgan fingerprint density at radius 2 is 1.94 bits per heavy atom. The van der Waals surface area contributed by atoms with Crippen molar-refractivity contribution in [1.29, 1.82) is 0 Å². The molecule has 0 radical (unpaired) electrons. The lowest BCUT2D eigenvalue weighted by Gasteiger charge is -2.27. The molecule has 0 aromatic heterocycles. The molecule has 1 amide bonds. The zero-order valence-corrected chi connectivity index (χ0v) is 10.5. The second-order valence-corrected chi connectivity index (χ2v) is 3.83. The highest BCUT2D eigenvalue weighted by Crippen LogP contribution is 2.09. The maximum Gasteiger partial charge on any atom is 0.305 e. The molecule has 1 atom stereocenters. The number of hydrogen-bond donors (Lipinski definition) is 1. The van der Waals surface area contributed by atoms with Gasteiger partial charge in [-0.1, -0.05) is 13.0 Å². The van der Waals surface area contributed by atoms with Gasteiger partial charge in [0.15, 0.2) is 0 Å². The third kappa shape index (κ3) is 4.47. The van der Waals surface area contributed by atoms with Gasteiger partial charge in [-0.15, -0.1) is 0 Å². The Hall–Kier alpha value is -1.32. The molecule has 0 saturated carbocycles. The van der Waals surface area contributed by atoms with Crippen molar-refractivity contribution in [2.24, 2.45) is 0 Å². The smallest absolute Gasteiger partial charge is 0.305 e. The molecule has 1 N–H and O–H groups in total. The molecular weight excluding hydrogens is 206 g/mol. The van der Waals surface area contributed by atoms with Crippen LogP contribution in [-0.4, -0.2) is 34.5 Å². The van der Waals surface area contributed by atoms with Gasteiger partial charge in [0, 0.05) is 18.2 Å². The lowest BCUT2D eigenvalue weighted by atomic mass is 10.1. The van der Waals surface area contributed by atoms with E-state index in [9.17, 15) is 9.59 Å². The fourth-order valence-electron chi connectivity index (χ4n) is 1.64. The zero-order chi connectivity index (χ0) is 12.7. The third-order valence-electron chi connectivity index (χ3n) is 2.45. The van der Waals surface area contributed by atoms with Gasteiger partial charge in [-0.05, 0) is 27.2 Å². The average Bonchev–Trinajstić information content (AvgIpc) is 2.17. The van der Waals surface area contributed by atoms with Crippen LogP contribution in [-0.2, 0) is 9.59 Å². The molecule has 0 heterocycles. The number of carbonyl (C=O) groups is 2. The van der Waals surface area contributed by atoms with Gasteiger partial charge in [-0.3, -0.25) is 9.59 Å². The summed E-state index contributed by atoms with van der Waals surface area (Å²) in [6.07, 6.45) is 2.65. The van der Waals surface area contributed by atoms with Crippen molar-refractivity contribution in [2.45, 2.75) is 46.6 Å². The summed E-state index contributed by atoms with van der Waals surface area (Å²) in [4.78, 5) is 24.1. The standard InChI is InChI=1S/C12H21NO3/c1-5-7-9(3)12(16)13(6-2)10(4)8-11(14)15/h7,10H,5-6,8H2,1-4H3,(H,14,15). The Labute approximate surface area is 96.9 Å². The number of carbonyl (C=O) groups excluding carboxylic acids is 1. The first-order valence-corrected chi connectivity index (χ1v) is 5.63. The van der Waals surface area contributed by atoms with Crippen molar-refractivity contribution in [2.75, 3.05) is 6.54 Å². The SMILES string of the molecule is CCC=C(C)C(=O)N(CC)C(C)CC(=O)O. The van der Waals surface area contributed by atoms with E-state index in [0.717, 1.165) is 6.42 Å². The number of allylic oxidation sites excluding steroid dienone is 1. The van der Waals surface area contributed by atoms with Gasteiger partial charge < -0.3 is 10.0 Å². The van der Waals surface area contributed by atoms with E-state index in [2.05, 4.69) is 0 Å². The monoisotopic (exact) mass is 227 g/mol. The average molecular weight is 227 g/mol. The summed E-state index contributed by atoms with van der Waals surface area (Å²) >= 11 is 0. The normalized spacial score (nSPS) is 13.4. The lowest BCUT2D eigenvalue weighted by Crippen LogP contribution is -2.40. The first-order chi connectivity index (χ1) is 7.43. The molecule has 0 aliphatic heterocycles. The number of hydrogen-bond acceptors (Lipinski definition) is 2. The molecule has 0 aromatic rings. The van der Waals surface area contributed by atoms with E-state index in [1.165, 1.54) is 0 Å². The van der Waals surface area contributed by atoms with Crippen LogP contribution in [0.25, 0.3) is 0 Å². The molecule has 0 bridgehead atoms. The molecule has 0 aliphatic rings. The molecule has 1 unspecified atom stereocenters. The highest BCUT2D eigenvalue weighted by atomic mass is 16.4. The molecule has 0 rings (SSSR count). The zero-order valence-electron chi connectivity index (χ0n) is 10.5. The summed E-state index contributed by atoms with van der Waals surface area (Å²) in [5.74, 6) is -0.950. The molecule has 0 aromatic carbocycles. The van der Waals surface area contributed by atoms with E-state index in [0.29, 0.717) is 12.1 Å². The predicted octanol–water partition coefficient (Wildman–Crippen LogP) is 2.05. The van der Waals surface area contributed by atoms with E-state index in [1.807, 2.05) is 19.9 Å². The minimum absolute atomic E-state index is 0.0149. The molecule has 92 valence electrons. The maximum absolute atomic E-state index is 12.0. The summed E-state index contributed by atoms with van der Waals surface area (Å²) in [5, 5.41) is 8.70. The fraction of sp³-hybridized carbons (Fsp3) is 0.667. The minimum atomic E-state index is -0.879. The molecular formula is C12H21NO3. The molecule has 4 nitrogen and oxygen atoms in total. The van der Waals surface area contributed by atoms with Crippen molar-refractivity contribution >= 4 is 11.9 Å². The highest BCUT2D eigenvalue weighted by Gasteiger charge is 2.21. The summed E-state index contributed by atoms with van der Waals surface area (Å²) in [5.41, 5.74) is 0.682. The summed E-state index contributed by atoms with van der Waals surface area (Å²) in [6.45, 7) is 7.88. The van der Waals surface area contributed by atoms with Crippen LogP contribution in [0.15, 0.2) is 11.6 Å². The van der Waals surface area contributed by atoms with Crippen molar-refractivity contribution in [3.05, 3.63) is 11.6 Å². The molecule has 0 spiro atoms. The fourth-order valence-corrected chi connectivity index (χ4v) is 1.64. The van der Waals surface area contributed by atoms with Crippen LogP contribution in [0.1, 0.15) is 40.5 Å². The van der Waals surface area contributed by atoms with Gasteiger partial charge >= 0.3 is 5.97 Å². The minimum Gasteiger partial charge on any atom is -0.481 e. The Bertz CT molecular complexity index is 284. The van der Waals surface area contributed by atoms with Crippen molar-refractivity contribution in [3.63, 3.8) is 0 Å². The second-order valence-electron chi connectivity index (χ2n) is 3.83. The summed E-state index contributed by atoms with van der Waals surface area (Å²) < 4.78 is 0. The molecule has 4 heteroatoms. The topological polar surface area (TPSA) is 57.6 Å². The first kappa shape index (κ1) is 14.7. The van der Waals surface area contributed by atoms with Gasteiger partial charge in [0.25, 0.3) is 0 Å².